The Morgan fingerprint density at radius 3 is 2.00 bits per heavy atom. The molecule has 0 aliphatic carbocycles. The molecule has 1 fully saturated rings. The number of rotatable bonds is 4. The zero-order valence-corrected chi connectivity index (χ0v) is 17.2. The lowest BCUT2D eigenvalue weighted by Gasteiger charge is -2.36. The van der Waals surface area contributed by atoms with E-state index in [9.17, 15) is 9.59 Å². The summed E-state index contributed by atoms with van der Waals surface area (Å²) in [5, 5.41) is 0. The zero-order valence-electron chi connectivity index (χ0n) is 15.1. The molecule has 0 saturated carbocycles. The minimum absolute atomic E-state index is 0.692. The first kappa shape index (κ1) is 19.9. The minimum Gasteiger partial charge on any atom is -0.467 e. The van der Waals surface area contributed by atoms with Crippen molar-refractivity contribution in [2.24, 2.45) is 0 Å². The highest BCUT2D eigenvalue weighted by Gasteiger charge is 2.55. The minimum atomic E-state index is -1.34. The fourth-order valence-corrected chi connectivity index (χ4v) is 4.17. The molecule has 0 radical (unpaired) electrons. The molecule has 0 spiro atoms. The van der Waals surface area contributed by atoms with Crippen LogP contribution in [0, 0.1) is 17.4 Å². The van der Waals surface area contributed by atoms with Crippen molar-refractivity contribution in [2.45, 2.75) is 38.9 Å². The molecule has 2 rings (SSSR count). The number of halogens is 1. The SMILES string of the molecule is COC(=O)[C@@H]1OC(C)(N(C)c2c(C)cc(C)cc2I)O[C@H]1C(=O)OC. The Bertz CT molecular complexity index is 645. The number of hydrogen-bond acceptors (Lipinski definition) is 7. The second-order valence-electron chi connectivity index (χ2n) is 5.99. The standard InChI is InChI=1S/C17H22INO6/c1-9-7-10(2)12(11(18)8-9)19(4)17(3)24-13(15(20)22-5)14(25-17)16(21)23-6/h7-8,13-14H,1-6H3/t13-,14-/m1/s1. The number of nitrogens with zero attached hydrogens (tertiary/aromatic N) is 1. The molecule has 1 aliphatic rings. The first-order chi connectivity index (χ1) is 11.6. The van der Waals surface area contributed by atoms with Crippen molar-refractivity contribution in [2.75, 3.05) is 26.2 Å². The Hall–Kier alpha value is -1.39. The van der Waals surface area contributed by atoms with E-state index >= 15 is 0 Å². The molecule has 2 atom stereocenters. The van der Waals surface area contributed by atoms with E-state index in [1.165, 1.54) is 14.2 Å². The van der Waals surface area contributed by atoms with Crippen LogP contribution in [0.25, 0.3) is 0 Å². The summed E-state index contributed by atoms with van der Waals surface area (Å²) < 4.78 is 22.1. The highest BCUT2D eigenvalue weighted by atomic mass is 127. The van der Waals surface area contributed by atoms with Crippen LogP contribution >= 0.6 is 22.6 Å². The summed E-state index contributed by atoms with van der Waals surface area (Å²) in [5.74, 6) is -2.72. The van der Waals surface area contributed by atoms with Gasteiger partial charge in [0.1, 0.15) is 0 Å². The predicted octanol–water partition coefficient (Wildman–Crippen LogP) is 2.15. The fourth-order valence-electron chi connectivity index (χ4n) is 2.89. The van der Waals surface area contributed by atoms with Crippen LogP contribution in [0.2, 0.25) is 0 Å². The lowest BCUT2D eigenvalue weighted by atomic mass is 10.1. The number of ether oxygens (including phenoxy) is 4. The van der Waals surface area contributed by atoms with Gasteiger partial charge in [-0.15, -0.1) is 0 Å². The number of esters is 2. The van der Waals surface area contributed by atoms with Gasteiger partial charge in [-0.2, -0.15) is 0 Å². The van der Waals surface area contributed by atoms with E-state index in [0.29, 0.717) is 0 Å². The third kappa shape index (κ3) is 3.75. The van der Waals surface area contributed by atoms with E-state index in [1.54, 1.807) is 18.9 Å². The van der Waals surface area contributed by atoms with Crippen LogP contribution in [0.15, 0.2) is 12.1 Å². The molecule has 0 N–H and O–H groups in total. The van der Waals surface area contributed by atoms with Crippen LogP contribution < -0.4 is 4.90 Å². The van der Waals surface area contributed by atoms with Crippen molar-refractivity contribution in [1.29, 1.82) is 0 Å². The maximum absolute atomic E-state index is 12.0. The van der Waals surface area contributed by atoms with Gasteiger partial charge in [0.15, 0.2) is 12.2 Å². The van der Waals surface area contributed by atoms with E-state index in [0.717, 1.165) is 20.4 Å². The Balaban J connectivity index is 2.41. The van der Waals surface area contributed by atoms with Gasteiger partial charge in [0.25, 0.3) is 0 Å². The summed E-state index contributed by atoms with van der Waals surface area (Å²) in [4.78, 5) is 25.8. The van der Waals surface area contributed by atoms with Crippen molar-refractivity contribution in [3.05, 3.63) is 26.8 Å². The van der Waals surface area contributed by atoms with Gasteiger partial charge in [0, 0.05) is 17.5 Å². The monoisotopic (exact) mass is 463 g/mol. The number of benzene rings is 1. The molecule has 138 valence electrons. The Kier molecular flexibility index (Phi) is 5.95. The molecule has 1 heterocycles. The molecule has 8 heteroatoms. The van der Waals surface area contributed by atoms with E-state index in [-0.39, 0.29) is 0 Å². The molecule has 0 bridgehead atoms. The molecule has 1 aromatic carbocycles. The molecular weight excluding hydrogens is 441 g/mol. The summed E-state index contributed by atoms with van der Waals surface area (Å²) in [6.07, 6.45) is -2.40. The predicted molar refractivity (Wildman–Crippen MR) is 99.2 cm³/mol. The van der Waals surface area contributed by atoms with Crippen molar-refractivity contribution in [3.63, 3.8) is 0 Å². The first-order valence-corrected chi connectivity index (χ1v) is 8.74. The number of hydrogen-bond donors (Lipinski definition) is 0. The van der Waals surface area contributed by atoms with Crippen LogP contribution in [0.3, 0.4) is 0 Å². The van der Waals surface area contributed by atoms with Gasteiger partial charge in [0.2, 0.25) is 5.91 Å². The van der Waals surface area contributed by atoms with Crippen molar-refractivity contribution in [1.82, 2.24) is 0 Å². The molecule has 0 unspecified atom stereocenters. The van der Waals surface area contributed by atoms with Crippen LogP contribution in [0.5, 0.6) is 0 Å². The lowest BCUT2D eigenvalue weighted by Crippen LogP contribution is -2.47. The smallest absolute Gasteiger partial charge is 0.338 e. The van der Waals surface area contributed by atoms with Crippen LogP contribution in [0.4, 0.5) is 5.69 Å². The number of carbonyl (C=O) groups is 2. The maximum Gasteiger partial charge on any atom is 0.338 e. The van der Waals surface area contributed by atoms with Crippen molar-refractivity contribution >= 4 is 40.2 Å². The normalized spacial score (nSPS) is 21.7. The van der Waals surface area contributed by atoms with Gasteiger partial charge in [-0.05, 0) is 53.6 Å². The molecule has 1 aromatic rings. The van der Waals surface area contributed by atoms with Crippen molar-refractivity contribution in [3.8, 4) is 0 Å². The quantitative estimate of drug-likeness (QED) is 0.501. The highest BCUT2D eigenvalue weighted by molar-refractivity contribution is 14.1. The molecule has 1 aliphatic heterocycles. The van der Waals surface area contributed by atoms with Crippen LogP contribution in [-0.2, 0) is 28.5 Å². The molecule has 7 nitrogen and oxygen atoms in total. The molecule has 25 heavy (non-hydrogen) atoms. The number of aryl methyl sites for hydroxylation is 2. The van der Waals surface area contributed by atoms with Gasteiger partial charge in [-0.1, -0.05) is 6.07 Å². The number of anilines is 1. The second-order valence-corrected chi connectivity index (χ2v) is 7.15. The third-order valence-corrected chi connectivity index (χ3v) is 5.00. The van der Waals surface area contributed by atoms with Crippen LogP contribution in [0.1, 0.15) is 18.1 Å². The largest absolute Gasteiger partial charge is 0.467 e. The van der Waals surface area contributed by atoms with E-state index < -0.39 is 30.1 Å². The first-order valence-electron chi connectivity index (χ1n) is 7.66. The van der Waals surface area contributed by atoms with Gasteiger partial charge in [-0.3, -0.25) is 0 Å². The van der Waals surface area contributed by atoms with E-state index in [2.05, 4.69) is 22.6 Å². The molecular formula is C17H22INO6. The van der Waals surface area contributed by atoms with Crippen LogP contribution in [-0.4, -0.2) is 51.3 Å². The Labute approximate surface area is 160 Å². The summed E-state index contributed by atoms with van der Waals surface area (Å²) in [6, 6.07) is 4.08. The average molecular weight is 463 g/mol. The third-order valence-electron chi connectivity index (χ3n) is 4.18. The number of methoxy groups -OCH3 is 2. The van der Waals surface area contributed by atoms with Crippen molar-refractivity contribution < 1.29 is 28.5 Å². The maximum atomic E-state index is 12.0. The summed E-state index contributed by atoms with van der Waals surface area (Å²) >= 11 is 2.24. The Morgan fingerprint density at radius 2 is 1.60 bits per heavy atom. The fraction of sp³-hybridized carbons (Fsp3) is 0.529. The average Bonchev–Trinajstić information content (AvgIpc) is 2.91. The molecule has 0 amide bonds. The van der Waals surface area contributed by atoms with Gasteiger partial charge >= 0.3 is 11.9 Å². The zero-order chi connectivity index (χ0) is 18.9. The highest BCUT2D eigenvalue weighted by Crippen LogP contribution is 2.38. The molecule has 1 saturated heterocycles. The van der Waals surface area contributed by atoms with Gasteiger partial charge in [0.05, 0.1) is 19.9 Å². The summed E-state index contributed by atoms with van der Waals surface area (Å²) in [7, 11) is 4.24. The summed E-state index contributed by atoms with van der Waals surface area (Å²) in [6.45, 7) is 5.65. The topological polar surface area (TPSA) is 74.3 Å². The molecule has 0 aromatic heterocycles. The van der Waals surface area contributed by atoms with E-state index in [1.807, 2.05) is 26.0 Å². The van der Waals surface area contributed by atoms with Gasteiger partial charge in [-0.25, -0.2) is 9.59 Å². The Morgan fingerprint density at radius 1 is 1.12 bits per heavy atom. The number of carbonyl (C=O) groups excluding carboxylic acids is 2. The summed E-state index contributed by atoms with van der Waals surface area (Å²) in [5.41, 5.74) is 3.05. The second kappa shape index (κ2) is 7.46. The van der Waals surface area contributed by atoms with Gasteiger partial charge < -0.3 is 23.8 Å². The van der Waals surface area contributed by atoms with E-state index in [4.69, 9.17) is 18.9 Å². The lowest BCUT2D eigenvalue weighted by molar-refractivity contribution is -0.178.